The molecule has 2 aliphatic rings. The molecule has 1 aromatic carbocycles. The summed E-state index contributed by atoms with van der Waals surface area (Å²) in [7, 11) is 0. The van der Waals surface area contributed by atoms with Crippen LogP contribution in [-0.4, -0.2) is 14.7 Å². The number of thiocarbonyl (C=S) groups is 1. The molecule has 31 heavy (non-hydrogen) atoms. The SMILES string of the molecule is Cc1cc([C@H]2[C@H](c3ccccn3)NC(=S)N2c2ccc(F)cc2)c(C)n1C1CCCC1. The molecule has 0 spiro atoms. The Morgan fingerprint density at radius 2 is 1.81 bits per heavy atom. The van der Waals surface area contributed by atoms with E-state index in [0.29, 0.717) is 11.2 Å². The lowest BCUT2D eigenvalue weighted by Gasteiger charge is -2.28. The zero-order chi connectivity index (χ0) is 21.5. The van der Waals surface area contributed by atoms with E-state index in [-0.39, 0.29) is 17.9 Å². The van der Waals surface area contributed by atoms with Crippen molar-refractivity contribution in [1.82, 2.24) is 14.9 Å². The highest BCUT2D eigenvalue weighted by Crippen LogP contribution is 2.44. The summed E-state index contributed by atoms with van der Waals surface area (Å²) >= 11 is 5.79. The molecule has 4 nitrogen and oxygen atoms in total. The zero-order valence-corrected chi connectivity index (χ0v) is 18.7. The van der Waals surface area contributed by atoms with E-state index in [2.05, 4.69) is 39.7 Å². The van der Waals surface area contributed by atoms with Crippen molar-refractivity contribution in [3.63, 3.8) is 0 Å². The van der Waals surface area contributed by atoms with Gasteiger partial charge in [-0.3, -0.25) is 4.98 Å². The van der Waals surface area contributed by atoms with Crippen molar-refractivity contribution in [3.8, 4) is 0 Å². The number of nitrogens with one attached hydrogen (secondary N) is 1. The lowest BCUT2D eigenvalue weighted by molar-refractivity contribution is 0.494. The minimum absolute atomic E-state index is 0.0609. The number of rotatable bonds is 4. The molecule has 0 radical (unpaired) electrons. The third-order valence-electron chi connectivity index (χ3n) is 6.73. The molecule has 2 aromatic heterocycles. The highest BCUT2D eigenvalue weighted by atomic mass is 32.1. The van der Waals surface area contributed by atoms with Gasteiger partial charge in [0.1, 0.15) is 5.82 Å². The first-order chi connectivity index (χ1) is 15.0. The average molecular weight is 435 g/mol. The maximum Gasteiger partial charge on any atom is 0.174 e. The summed E-state index contributed by atoms with van der Waals surface area (Å²) in [4.78, 5) is 6.75. The Morgan fingerprint density at radius 1 is 1.06 bits per heavy atom. The summed E-state index contributed by atoms with van der Waals surface area (Å²) in [5.41, 5.74) is 5.65. The third-order valence-corrected chi connectivity index (χ3v) is 7.05. The second-order valence-electron chi connectivity index (χ2n) is 8.61. The second kappa shape index (κ2) is 8.08. The average Bonchev–Trinajstić information content (AvgIpc) is 3.47. The number of pyridine rings is 1. The van der Waals surface area contributed by atoms with Gasteiger partial charge in [0.15, 0.2) is 5.11 Å². The molecular formula is C25H27FN4S. The highest BCUT2D eigenvalue weighted by Gasteiger charge is 2.42. The molecule has 0 bridgehead atoms. The number of anilines is 1. The predicted molar refractivity (Wildman–Crippen MR) is 126 cm³/mol. The normalized spacial score (nSPS) is 21.6. The molecule has 2 atom stereocenters. The second-order valence-corrected chi connectivity index (χ2v) is 8.99. The van der Waals surface area contributed by atoms with Crippen LogP contribution in [0.5, 0.6) is 0 Å². The molecule has 2 fully saturated rings. The van der Waals surface area contributed by atoms with Crippen molar-refractivity contribution in [2.75, 3.05) is 4.90 Å². The molecule has 1 saturated carbocycles. The fourth-order valence-electron chi connectivity index (χ4n) is 5.38. The number of nitrogens with zero attached hydrogens (tertiary/aromatic N) is 3. The van der Waals surface area contributed by atoms with Crippen LogP contribution in [0, 0.1) is 19.7 Å². The maximum absolute atomic E-state index is 13.6. The molecule has 1 aliphatic carbocycles. The van der Waals surface area contributed by atoms with E-state index in [9.17, 15) is 4.39 Å². The van der Waals surface area contributed by atoms with Gasteiger partial charge in [0.05, 0.1) is 17.8 Å². The van der Waals surface area contributed by atoms with Crippen LogP contribution in [0.1, 0.15) is 66.5 Å². The Hall–Kier alpha value is -2.73. The molecule has 3 heterocycles. The number of halogens is 1. The summed E-state index contributed by atoms with van der Waals surface area (Å²) in [5.74, 6) is -0.251. The number of hydrogen-bond acceptors (Lipinski definition) is 2. The van der Waals surface area contributed by atoms with Crippen molar-refractivity contribution in [2.45, 2.75) is 57.7 Å². The van der Waals surface area contributed by atoms with E-state index >= 15 is 0 Å². The van der Waals surface area contributed by atoms with Gasteiger partial charge < -0.3 is 14.8 Å². The summed E-state index contributed by atoms with van der Waals surface area (Å²) in [5, 5.41) is 4.14. The van der Waals surface area contributed by atoms with Crippen LogP contribution in [0.25, 0.3) is 0 Å². The van der Waals surface area contributed by atoms with E-state index in [1.54, 1.807) is 12.1 Å². The molecule has 6 heteroatoms. The van der Waals surface area contributed by atoms with Crippen LogP contribution in [0.3, 0.4) is 0 Å². The van der Waals surface area contributed by atoms with Crippen molar-refractivity contribution in [2.24, 2.45) is 0 Å². The number of aryl methyl sites for hydroxylation is 1. The van der Waals surface area contributed by atoms with Gasteiger partial charge in [-0.05, 0) is 86.9 Å². The Bertz CT molecular complexity index is 1090. The van der Waals surface area contributed by atoms with E-state index in [4.69, 9.17) is 12.2 Å². The van der Waals surface area contributed by atoms with Gasteiger partial charge in [0, 0.05) is 29.3 Å². The number of aromatic nitrogens is 2. The van der Waals surface area contributed by atoms with Gasteiger partial charge in [-0.1, -0.05) is 18.9 Å². The summed E-state index contributed by atoms with van der Waals surface area (Å²) in [6.07, 6.45) is 6.89. The first-order valence-corrected chi connectivity index (χ1v) is 11.4. The summed E-state index contributed by atoms with van der Waals surface area (Å²) in [6.45, 7) is 4.42. The minimum atomic E-state index is -0.251. The quantitative estimate of drug-likeness (QED) is 0.516. The minimum Gasteiger partial charge on any atom is -0.351 e. The van der Waals surface area contributed by atoms with E-state index in [0.717, 1.165) is 11.4 Å². The van der Waals surface area contributed by atoms with E-state index < -0.39 is 0 Å². The monoisotopic (exact) mass is 434 g/mol. The fourth-order valence-corrected chi connectivity index (χ4v) is 5.72. The van der Waals surface area contributed by atoms with Crippen molar-refractivity contribution in [1.29, 1.82) is 0 Å². The van der Waals surface area contributed by atoms with Gasteiger partial charge >= 0.3 is 0 Å². The van der Waals surface area contributed by atoms with Crippen molar-refractivity contribution in [3.05, 3.63) is 83.2 Å². The first kappa shape index (κ1) is 20.2. The molecule has 1 N–H and O–H groups in total. The van der Waals surface area contributed by atoms with Crippen LogP contribution < -0.4 is 10.2 Å². The molecule has 1 aliphatic heterocycles. The standard InChI is InChI=1S/C25H27FN4S/c1-16-15-21(17(2)29(16)19-7-3-4-8-19)24-23(22-9-5-6-14-27-22)28-25(31)30(24)20-12-10-18(26)11-13-20/h5-6,9-15,19,23-24H,3-4,7-8H2,1-2H3,(H,28,31)/t23-,24-/m0/s1. The Kier molecular flexibility index (Phi) is 5.26. The molecule has 0 amide bonds. The number of benzene rings is 1. The van der Waals surface area contributed by atoms with Crippen LogP contribution in [-0.2, 0) is 0 Å². The molecular weight excluding hydrogens is 407 g/mol. The molecule has 160 valence electrons. The Balaban J connectivity index is 1.64. The highest BCUT2D eigenvalue weighted by molar-refractivity contribution is 7.80. The van der Waals surface area contributed by atoms with Crippen molar-refractivity contribution >= 4 is 23.0 Å². The lowest BCUT2D eigenvalue weighted by Crippen LogP contribution is -2.29. The maximum atomic E-state index is 13.6. The first-order valence-electron chi connectivity index (χ1n) is 11.0. The van der Waals surface area contributed by atoms with Crippen LogP contribution in [0.4, 0.5) is 10.1 Å². The van der Waals surface area contributed by atoms with Gasteiger partial charge in [-0.2, -0.15) is 0 Å². The van der Waals surface area contributed by atoms with E-state index in [1.165, 1.54) is 54.8 Å². The van der Waals surface area contributed by atoms with Crippen LogP contribution >= 0.6 is 12.2 Å². The fraction of sp³-hybridized carbons (Fsp3) is 0.360. The van der Waals surface area contributed by atoms with Gasteiger partial charge in [0.2, 0.25) is 0 Å². The third kappa shape index (κ3) is 3.53. The Labute approximate surface area is 188 Å². The lowest BCUT2D eigenvalue weighted by atomic mass is 9.96. The Morgan fingerprint density at radius 3 is 2.48 bits per heavy atom. The van der Waals surface area contributed by atoms with Crippen molar-refractivity contribution < 1.29 is 4.39 Å². The predicted octanol–water partition coefficient (Wildman–Crippen LogP) is 5.93. The van der Waals surface area contributed by atoms with E-state index in [1.807, 2.05) is 24.4 Å². The smallest absolute Gasteiger partial charge is 0.174 e. The van der Waals surface area contributed by atoms with Gasteiger partial charge in [0.25, 0.3) is 0 Å². The van der Waals surface area contributed by atoms with Crippen LogP contribution in [0.15, 0.2) is 54.7 Å². The molecule has 3 aromatic rings. The largest absolute Gasteiger partial charge is 0.351 e. The molecule has 5 rings (SSSR count). The zero-order valence-electron chi connectivity index (χ0n) is 17.9. The number of hydrogen-bond donors (Lipinski definition) is 1. The van der Waals surface area contributed by atoms with Crippen LogP contribution in [0.2, 0.25) is 0 Å². The van der Waals surface area contributed by atoms with Gasteiger partial charge in [-0.15, -0.1) is 0 Å². The molecule has 0 unspecified atom stereocenters. The summed E-state index contributed by atoms with van der Waals surface area (Å²) in [6, 6.07) is 15.3. The summed E-state index contributed by atoms with van der Waals surface area (Å²) < 4.78 is 16.2. The van der Waals surface area contributed by atoms with Gasteiger partial charge in [-0.25, -0.2) is 4.39 Å². The topological polar surface area (TPSA) is 33.1 Å². The molecule has 1 saturated heterocycles.